The maximum atomic E-state index is 11.7. The molecule has 0 saturated carbocycles. The van der Waals surface area contributed by atoms with Crippen LogP contribution in [-0.4, -0.2) is 37.5 Å². The summed E-state index contributed by atoms with van der Waals surface area (Å²) in [4.78, 5) is 4.17. The van der Waals surface area contributed by atoms with Crippen LogP contribution in [0, 0.1) is 0 Å². The Bertz CT molecular complexity index is 495. The Morgan fingerprint density at radius 1 is 1.61 bits per heavy atom. The molecule has 2 heterocycles. The Hall–Kier alpha value is -0.880. The van der Waals surface area contributed by atoms with Gasteiger partial charge in [0.05, 0.1) is 17.2 Å². The van der Waals surface area contributed by atoms with E-state index in [-0.39, 0.29) is 5.25 Å². The van der Waals surface area contributed by atoms with Crippen LogP contribution in [0.3, 0.4) is 0 Å². The molecule has 0 aliphatic carbocycles. The molecule has 1 aliphatic rings. The van der Waals surface area contributed by atoms with E-state index in [0.29, 0.717) is 24.1 Å². The van der Waals surface area contributed by atoms with Crippen LogP contribution in [0.5, 0.6) is 0 Å². The van der Waals surface area contributed by atoms with Crippen LogP contribution in [0.1, 0.15) is 31.4 Å². The van der Waals surface area contributed by atoms with Crippen LogP contribution in [0.2, 0.25) is 0 Å². The lowest BCUT2D eigenvalue weighted by Crippen LogP contribution is -2.23. The van der Waals surface area contributed by atoms with Crippen molar-refractivity contribution in [3.05, 3.63) is 17.8 Å². The lowest BCUT2D eigenvalue weighted by Gasteiger charge is -2.07. The van der Waals surface area contributed by atoms with Gasteiger partial charge in [-0.15, -0.1) is 0 Å². The van der Waals surface area contributed by atoms with E-state index in [4.69, 9.17) is 4.42 Å². The highest BCUT2D eigenvalue weighted by molar-refractivity contribution is 7.92. The van der Waals surface area contributed by atoms with E-state index in [1.54, 1.807) is 6.20 Å². The van der Waals surface area contributed by atoms with Gasteiger partial charge in [0.1, 0.15) is 5.76 Å². The fraction of sp³-hybridized carbons (Fsp3) is 0.750. The number of oxazole rings is 1. The molecule has 1 aliphatic heterocycles. The molecule has 1 aromatic heterocycles. The fourth-order valence-electron chi connectivity index (χ4n) is 2.22. The standard InChI is InChI=1S/C12H20N2O3S/c1-9(13-2)6-10-8-14-12(17-10)7-11-4-3-5-18(11,15)16/h8-9,11,13H,3-7H2,1-2H3. The minimum absolute atomic E-state index is 0.300. The quantitative estimate of drug-likeness (QED) is 0.864. The normalized spacial score (nSPS) is 24.2. The second-order valence-corrected chi connectivity index (χ2v) is 7.35. The zero-order chi connectivity index (χ0) is 13.2. The van der Waals surface area contributed by atoms with Crippen molar-refractivity contribution in [1.29, 1.82) is 0 Å². The molecule has 5 nitrogen and oxygen atoms in total. The van der Waals surface area contributed by atoms with E-state index >= 15 is 0 Å². The van der Waals surface area contributed by atoms with Gasteiger partial charge in [-0.05, 0) is 26.8 Å². The first kappa shape index (κ1) is 13.5. The van der Waals surface area contributed by atoms with Crippen molar-refractivity contribution in [3.63, 3.8) is 0 Å². The van der Waals surface area contributed by atoms with E-state index in [1.165, 1.54) is 0 Å². The van der Waals surface area contributed by atoms with Gasteiger partial charge in [-0.25, -0.2) is 13.4 Å². The molecule has 0 aromatic carbocycles. The molecule has 0 radical (unpaired) electrons. The first-order valence-electron chi connectivity index (χ1n) is 6.33. The lowest BCUT2D eigenvalue weighted by molar-refractivity contribution is 0.428. The number of likely N-dealkylation sites (N-methyl/N-ethyl adjacent to an activating group) is 1. The van der Waals surface area contributed by atoms with E-state index < -0.39 is 9.84 Å². The summed E-state index contributed by atoms with van der Waals surface area (Å²) in [5, 5.41) is 2.82. The van der Waals surface area contributed by atoms with Crippen molar-refractivity contribution in [3.8, 4) is 0 Å². The van der Waals surface area contributed by atoms with E-state index in [9.17, 15) is 8.42 Å². The Labute approximate surface area is 108 Å². The van der Waals surface area contributed by atoms with Crippen LogP contribution in [-0.2, 0) is 22.7 Å². The number of sulfone groups is 1. The number of nitrogens with zero attached hydrogens (tertiary/aromatic N) is 1. The third kappa shape index (κ3) is 3.11. The van der Waals surface area contributed by atoms with Crippen LogP contribution in [0.4, 0.5) is 0 Å². The summed E-state index contributed by atoms with van der Waals surface area (Å²) in [6, 6.07) is 0.320. The van der Waals surface area contributed by atoms with Crippen molar-refractivity contribution in [1.82, 2.24) is 10.3 Å². The van der Waals surface area contributed by atoms with E-state index in [1.807, 2.05) is 7.05 Å². The molecule has 18 heavy (non-hydrogen) atoms. The van der Waals surface area contributed by atoms with Gasteiger partial charge in [0.15, 0.2) is 15.7 Å². The maximum Gasteiger partial charge on any atom is 0.195 e. The van der Waals surface area contributed by atoms with Crippen molar-refractivity contribution >= 4 is 9.84 Å². The number of rotatable bonds is 5. The Kier molecular flexibility index (Phi) is 4.07. The Morgan fingerprint density at radius 2 is 2.39 bits per heavy atom. The number of hydrogen-bond acceptors (Lipinski definition) is 5. The highest BCUT2D eigenvalue weighted by atomic mass is 32.2. The van der Waals surface area contributed by atoms with Gasteiger partial charge >= 0.3 is 0 Å². The molecule has 0 amide bonds. The monoisotopic (exact) mass is 272 g/mol. The highest BCUT2D eigenvalue weighted by Crippen LogP contribution is 2.23. The lowest BCUT2D eigenvalue weighted by atomic mass is 10.2. The molecule has 1 fully saturated rings. The van der Waals surface area contributed by atoms with Crippen molar-refractivity contribution in [2.24, 2.45) is 0 Å². The Morgan fingerprint density at radius 3 is 3.00 bits per heavy atom. The first-order chi connectivity index (χ1) is 8.51. The summed E-state index contributed by atoms with van der Waals surface area (Å²) in [6.45, 7) is 2.06. The van der Waals surface area contributed by atoms with Gasteiger partial charge in [-0.3, -0.25) is 0 Å². The van der Waals surface area contributed by atoms with Crippen molar-refractivity contribution in [2.45, 2.75) is 43.9 Å². The molecular formula is C12H20N2O3S. The van der Waals surface area contributed by atoms with Crippen LogP contribution in [0.15, 0.2) is 10.6 Å². The molecular weight excluding hydrogens is 252 g/mol. The zero-order valence-electron chi connectivity index (χ0n) is 10.8. The summed E-state index contributed by atoms with van der Waals surface area (Å²) in [5.74, 6) is 1.66. The van der Waals surface area contributed by atoms with E-state index in [2.05, 4.69) is 17.2 Å². The average Bonchev–Trinajstić information content (AvgIpc) is 2.87. The zero-order valence-corrected chi connectivity index (χ0v) is 11.7. The van der Waals surface area contributed by atoms with Gasteiger partial charge in [-0.1, -0.05) is 0 Å². The minimum atomic E-state index is -2.92. The Balaban J connectivity index is 1.98. The van der Waals surface area contributed by atoms with Gasteiger partial charge in [0, 0.05) is 18.9 Å². The molecule has 0 spiro atoms. The summed E-state index contributed by atoms with van der Waals surface area (Å²) < 4.78 is 29.0. The minimum Gasteiger partial charge on any atom is -0.446 e. The molecule has 2 atom stereocenters. The fourth-order valence-corrected chi connectivity index (χ4v) is 4.05. The topological polar surface area (TPSA) is 72.2 Å². The predicted octanol–water partition coefficient (Wildman–Crippen LogP) is 0.945. The summed E-state index contributed by atoms with van der Waals surface area (Å²) in [7, 11) is -1.02. The highest BCUT2D eigenvalue weighted by Gasteiger charge is 2.32. The molecule has 1 N–H and O–H groups in total. The van der Waals surface area contributed by atoms with Gasteiger partial charge < -0.3 is 9.73 Å². The van der Waals surface area contributed by atoms with E-state index in [0.717, 1.165) is 25.0 Å². The van der Waals surface area contributed by atoms with Crippen LogP contribution >= 0.6 is 0 Å². The summed E-state index contributed by atoms with van der Waals surface area (Å²) in [5.41, 5.74) is 0. The summed E-state index contributed by atoms with van der Waals surface area (Å²) >= 11 is 0. The average molecular weight is 272 g/mol. The largest absolute Gasteiger partial charge is 0.446 e. The van der Waals surface area contributed by atoms with Crippen LogP contribution < -0.4 is 5.32 Å². The van der Waals surface area contributed by atoms with Gasteiger partial charge in [-0.2, -0.15) is 0 Å². The first-order valence-corrected chi connectivity index (χ1v) is 8.05. The second-order valence-electron chi connectivity index (χ2n) is 4.95. The SMILES string of the molecule is CNC(C)Cc1cnc(CC2CCCS2(=O)=O)o1. The maximum absolute atomic E-state index is 11.7. The smallest absolute Gasteiger partial charge is 0.195 e. The molecule has 2 unspecified atom stereocenters. The number of nitrogens with one attached hydrogen (secondary N) is 1. The van der Waals surface area contributed by atoms with Crippen molar-refractivity contribution < 1.29 is 12.8 Å². The molecule has 102 valence electrons. The third-order valence-electron chi connectivity index (χ3n) is 3.47. The van der Waals surface area contributed by atoms with Gasteiger partial charge in [0.2, 0.25) is 0 Å². The molecule has 6 heteroatoms. The molecule has 1 saturated heterocycles. The molecule has 1 aromatic rings. The second kappa shape index (κ2) is 5.40. The summed E-state index contributed by atoms with van der Waals surface area (Å²) in [6.07, 6.45) is 4.37. The van der Waals surface area contributed by atoms with Crippen LogP contribution in [0.25, 0.3) is 0 Å². The molecule has 0 bridgehead atoms. The number of aromatic nitrogens is 1. The molecule has 2 rings (SSSR count). The third-order valence-corrected chi connectivity index (χ3v) is 5.74. The van der Waals surface area contributed by atoms with Gasteiger partial charge in [0.25, 0.3) is 0 Å². The van der Waals surface area contributed by atoms with Crippen molar-refractivity contribution in [2.75, 3.05) is 12.8 Å². The predicted molar refractivity (Wildman–Crippen MR) is 69.2 cm³/mol. The number of hydrogen-bond donors (Lipinski definition) is 1.